The average molecular weight is 312 g/mol. The van der Waals surface area contributed by atoms with Crippen LogP contribution < -0.4 is 10.5 Å². The highest BCUT2D eigenvalue weighted by molar-refractivity contribution is 5.76. The first-order valence-corrected chi connectivity index (χ1v) is 7.89. The molecule has 0 saturated carbocycles. The quantitative estimate of drug-likeness (QED) is 0.762. The molecular formula is C19H24N2O2. The van der Waals surface area contributed by atoms with Crippen LogP contribution in [0.5, 0.6) is 5.75 Å². The van der Waals surface area contributed by atoms with Crippen LogP contribution in [0.2, 0.25) is 0 Å². The summed E-state index contributed by atoms with van der Waals surface area (Å²) >= 11 is 0. The molecule has 0 spiro atoms. The highest BCUT2D eigenvalue weighted by atomic mass is 16.5. The number of nitrogens with two attached hydrogens (primary N) is 1. The van der Waals surface area contributed by atoms with E-state index in [0.29, 0.717) is 19.6 Å². The second kappa shape index (κ2) is 8.96. The molecule has 1 atom stereocenters. The van der Waals surface area contributed by atoms with Crippen LogP contribution >= 0.6 is 0 Å². The third-order valence-corrected chi connectivity index (χ3v) is 3.70. The Morgan fingerprint density at radius 1 is 1.09 bits per heavy atom. The third-order valence-electron chi connectivity index (χ3n) is 3.70. The van der Waals surface area contributed by atoms with E-state index < -0.39 is 0 Å². The number of rotatable bonds is 8. The van der Waals surface area contributed by atoms with E-state index in [1.807, 2.05) is 67.7 Å². The van der Waals surface area contributed by atoms with Gasteiger partial charge in [0.25, 0.3) is 0 Å². The minimum absolute atomic E-state index is 0.0565. The van der Waals surface area contributed by atoms with Gasteiger partial charge in [0, 0.05) is 26.1 Å². The van der Waals surface area contributed by atoms with Gasteiger partial charge in [-0.25, -0.2) is 0 Å². The van der Waals surface area contributed by atoms with Gasteiger partial charge in [-0.15, -0.1) is 0 Å². The maximum Gasteiger partial charge on any atom is 0.224 e. The van der Waals surface area contributed by atoms with Gasteiger partial charge in [-0.3, -0.25) is 4.79 Å². The molecule has 0 aliphatic carbocycles. The van der Waals surface area contributed by atoms with E-state index in [9.17, 15) is 4.79 Å². The van der Waals surface area contributed by atoms with Gasteiger partial charge >= 0.3 is 0 Å². The van der Waals surface area contributed by atoms with Crippen molar-refractivity contribution in [2.24, 2.45) is 5.73 Å². The van der Waals surface area contributed by atoms with E-state index in [1.165, 1.54) is 0 Å². The Balaban J connectivity index is 1.68. The molecule has 0 fully saturated rings. The standard InChI is InChI=1S/C19H24N2O2/c1-21(13-8-14-23-17-11-6-3-7-12-17)19(22)15-18(20)16-9-4-2-5-10-16/h2-7,9-12,18H,8,13-15,20H2,1H3. The lowest BCUT2D eigenvalue weighted by atomic mass is 10.0. The molecule has 0 aliphatic rings. The molecule has 0 radical (unpaired) electrons. The molecule has 0 aromatic heterocycles. The SMILES string of the molecule is CN(CCCOc1ccccc1)C(=O)CC(N)c1ccccc1. The molecule has 2 N–H and O–H groups in total. The van der Waals surface area contributed by atoms with Gasteiger partial charge in [-0.1, -0.05) is 48.5 Å². The largest absolute Gasteiger partial charge is 0.494 e. The number of amides is 1. The van der Waals surface area contributed by atoms with Crippen LogP contribution in [0.1, 0.15) is 24.4 Å². The van der Waals surface area contributed by atoms with Crippen molar-refractivity contribution in [3.8, 4) is 5.75 Å². The molecule has 23 heavy (non-hydrogen) atoms. The number of hydrogen-bond donors (Lipinski definition) is 1. The highest BCUT2D eigenvalue weighted by Crippen LogP contribution is 2.14. The number of carbonyl (C=O) groups excluding carboxylic acids is 1. The first kappa shape index (κ1) is 17.0. The summed E-state index contributed by atoms with van der Waals surface area (Å²) in [6, 6.07) is 19.1. The van der Waals surface area contributed by atoms with Crippen LogP contribution in [0.25, 0.3) is 0 Å². The maximum atomic E-state index is 12.2. The number of ether oxygens (including phenoxy) is 1. The zero-order valence-electron chi connectivity index (χ0n) is 13.5. The molecule has 0 heterocycles. The second-order valence-electron chi connectivity index (χ2n) is 5.55. The maximum absolute atomic E-state index is 12.2. The van der Waals surface area contributed by atoms with Crippen LogP contribution in [0, 0.1) is 0 Å². The molecule has 4 nitrogen and oxygen atoms in total. The van der Waals surface area contributed by atoms with Gasteiger partial charge in [0.05, 0.1) is 6.61 Å². The van der Waals surface area contributed by atoms with Crippen LogP contribution in [-0.2, 0) is 4.79 Å². The van der Waals surface area contributed by atoms with E-state index in [1.54, 1.807) is 4.90 Å². The Hall–Kier alpha value is -2.33. The van der Waals surface area contributed by atoms with Crippen LogP contribution in [0.3, 0.4) is 0 Å². The zero-order chi connectivity index (χ0) is 16.5. The van der Waals surface area contributed by atoms with Crippen molar-refractivity contribution in [2.45, 2.75) is 18.9 Å². The van der Waals surface area contributed by atoms with Gasteiger partial charge in [0.1, 0.15) is 5.75 Å². The predicted octanol–water partition coefficient (Wildman–Crippen LogP) is 3.00. The number of para-hydroxylation sites is 1. The molecule has 122 valence electrons. The third kappa shape index (κ3) is 5.75. The Morgan fingerprint density at radius 3 is 2.35 bits per heavy atom. The minimum atomic E-state index is -0.258. The average Bonchev–Trinajstić information content (AvgIpc) is 2.60. The van der Waals surface area contributed by atoms with Crippen molar-refractivity contribution in [2.75, 3.05) is 20.2 Å². The van der Waals surface area contributed by atoms with Crippen molar-refractivity contribution in [1.29, 1.82) is 0 Å². The van der Waals surface area contributed by atoms with Crippen molar-refractivity contribution < 1.29 is 9.53 Å². The molecule has 4 heteroatoms. The fraction of sp³-hybridized carbons (Fsp3) is 0.316. The molecule has 1 unspecified atom stereocenters. The van der Waals surface area contributed by atoms with Crippen molar-refractivity contribution in [3.63, 3.8) is 0 Å². The molecule has 2 aromatic rings. The Bertz CT molecular complexity index is 587. The lowest BCUT2D eigenvalue weighted by Crippen LogP contribution is -2.31. The van der Waals surface area contributed by atoms with Gasteiger partial charge < -0.3 is 15.4 Å². The van der Waals surface area contributed by atoms with Crippen molar-refractivity contribution in [3.05, 3.63) is 66.2 Å². The first-order chi connectivity index (χ1) is 11.2. The summed E-state index contributed by atoms with van der Waals surface area (Å²) in [6.07, 6.45) is 1.11. The van der Waals surface area contributed by atoms with E-state index >= 15 is 0 Å². The topological polar surface area (TPSA) is 55.6 Å². The molecule has 2 aromatic carbocycles. The van der Waals surface area contributed by atoms with E-state index in [-0.39, 0.29) is 11.9 Å². The predicted molar refractivity (Wildman–Crippen MR) is 92.2 cm³/mol. The van der Waals surface area contributed by atoms with Crippen molar-refractivity contribution in [1.82, 2.24) is 4.90 Å². The minimum Gasteiger partial charge on any atom is -0.494 e. The van der Waals surface area contributed by atoms with Crippen LogP contribution in [0.4, 0.5) is 0 Å². The summed E-state index contributed by atoms with van der Waals surface area (Å²) in [7, 11) is 1.81. The number of nitrogens with zero attached hydrogens (tertiary/aromatic N) is 1. The summed E-state index contributed by atoms with van der Waals surface area (Å²) in [5, 5.41) is 0. The highest BCUT2D eigenvalue weighted by Gasteiger charge is 2.14. The zero-order valence-corrected chi connectivity index (χ0v) is 13.5. The fourth-order valence-corrected chi connectivity index (χ4v) is 2.30. The first-order valence-electron chi connectivity index (χ1n) is 7.89. The summed E-state index contributed by atoms with van der Waals surface area (Å²) < 4.78 is 5.62. The lowest BCUT2D eigenvalue weighted by molar-refractivity contribution is -0.130. The molecule has 0 bridgehead atoms. The van der Waals surface area contributed by atoms with Crippen LogP contribution in [-0.4, -0.2) is 31.0 Å². The second-order valence-corrected chi connectivity index (χ2v) is 5.55. The van der Waals surface area contributed by atoms with Gasteiger partial charge in [0.15, 0.2) is 0 Å². The summed E-state index contributed by atoms with van der Waals surface area (Å²) in [6.45, 7) is 1.25. The summed E-state index contributed by atoms with van der Waals surface area (Å²) in [4.78, 5) is 13.9. The summed E-state index contributed by atoms with van der Waals surface area (Å²) in [5.74, 6) is 0.911. The monoisotopic (exact) mass is 312 g/mol. The Labute approximate surface area is 137 Å². The lowest BCUT2D eigenvalue weighted by Gasteiger charge is -2.20. The van der Waals surface area contributed by atoms with Crippen LogP contribution in [0.15, 0.2) is 60.7 Å². The molecule has 0 saturated heterocycles. The number of carbonyl (C=O) groups is 1. The fourth-order valence-electron chi connectivity index (χ4n) is 2.30. The Kier molecular flexibility index (Phi) is 6.63. The van der Waals surface area contributed by atoms with E-state index in [4.69, 9.17) is 10.5 Å². The van der Waals surface area contributed by atoms with Gasteiger partial charge in [-0.2, -0.15) is 0 Å². The number of benzene rings is 2. The van der Waals surface area contributed by atoms with Gasteiger partial charge in [0.2, 0.25) is 5.91 Å². The molecule has 2 rings (SSSR count). The smallest absolute Gasteiger partial charge is 0.224 e. The summed E-state index contributed by atoms with van der Waals surface area (Å²) in [5.41, 5.74) is 7.08. The molecule has 1 amide bonds. The van der Waals surface area contributed by atoms with Gasteiger partial charge in [-0.05, 0) is 24.1 Å². The van der Waals surface area contributed by atoms with E-state index in [2.05, 4.69) is 0 Å². The Morgan fingerprint density at radius 2 is 1.70 bits per heavy atom. The molecule has 0 aliphatic heterocycles. The molecular weight excluding hydrogens is 288 g/mol. The normalized spacial score (nSPS) is 11.7. The van der Waals surface area contributed by atoms with E-state index in [0.717, 1.165) is 17.7 Å². The number of hydrogen-bond acceptors (Lipinski definition) is 3. The van der Waals surface area contributed by atoms with Crippen molar-refractivity contribution >= 4 is 5.91 Å².